The fraction of sp³-hybridized carbons (Fsp3) is 0.111. The van der Waals surface area contributed by atoms with E-state index in [9.17, 15) is 10.0 Å². The van der Waals surface area contributed by atoms with Crippen LogP contribution in [0.1, 0.15) is 10.4 Å². The van der Waals surface area contributed by atoms with E-state index in [4.69, 9.17) is 14.2 Å². The number of hydrogen-bond donors (Lipinski definition) is 1. The SMILES string of the molecule is COc1ccc(-c2nc(Oc3ccccc3C(=O)N[O-])cs2)cc1OC. The van der Waals surface area contributed by atoms with Crippen LogP contribution in [-0.2, 0) is 0 Å². The summed E-state index contributed by atoms with van der Waals surface area (Å²) >= 11 is 1.38. The number of carbonyl (C=O) groups is 1. The van der Waals surface area contributed by atoms with Crippen LogP contribution in [0.3, 0.4) is 0 Å². The predicted molar refractivity (Wildman–Crippen MR) is 98.0 cm³/mol. The third-order valence-electron chi connectivity index (χ3n) is 3.55. The van der Waals surface area contributed by atoms with Gasteiger partial charge < -0.3 is 24.9 Å². The molecular formula is C18H15N2O5S-. The minimum Gasteiger partial charge on any atom is -0.759 e. The van der Waals surface area contributed by atoms with Gasteiger partial charge in [-0.1, -0.05) is 12.1 Å². The van der Waals surface area contributed by atoms with Crippen molar-refractivity contribution in [1.29, 1.82) is 0 Å². The predicted octanol–water partition coefficient (Wildman–Crippen LogP) is 3.85. The Morgan fingerprint density at radius 2 is 1.85 bits per heavy atom. The van der Waals surface area contributed by atoms with Crippen molar-refractivity contribution >= 4 is 17.2 Å². The minimum atomic E-state index is -0.768. The summed E-state index contributed by atoms with van der Waals surface area (Å²) in [5.74, 6) is 1.04. The fourth-order valence-corrected chi connectivity index (χ4v) is 3.04. The molecule has 0 aliphatic rings. The number of aromatic nitrogens is 1. The van der Waals surface area contributed by atoms with Gasteiger partial charge in [-0.25, -0.2) is 4.98 Å². The van der Waals surface area contributed by atoms with E-state index in [1.165, 1.54) is 22.9 Å². The van der Waals surface area contributed by atoms with Crippen molar-refractivity contribution in [2.75, 3.05) is 14.2 Å². The van der Waals surface area contributed by atoms with Crippen molar-refractivity contribution < 1.29 is 19.0 Å². The van der Waals surface area contributed by atoms with Crippen LogP contribution in [0.5, 0.6) is 23.1 Å². The molecule has 8 heteroatoms. The fourth-order valence-electron chi connectivity index (χ4n) is 2.32. The number of carbonyl (C=O) groups excluding carboxylic acids is 1. The van der Waals surface area contributed by atoms with Gasteiger partial charge in [0, 0.05) is 5.56 Å². The standard InChI is InChI=1S/C18H15N2O5S/c1-23-14-8-7-11(9-15(14)24-2)18-19-16(10-26-18)25-13-6-4-3-5-12(13)17(21)20-22/h3-10H,1-2H3,(H-,20,21,22)/q-1. The lowest BCUT2D eigenvalue weighted by Gasteiger charge is -2.11. The first-order valence-corrected chi connectivity index (χ1v) is 8.41. The maximum Gasteiger partial charge on any atom is 0.244 e. The van der Waals surface area contributed by atoms with Crippen LogP contribution in [0.15, 0.2) is 47.8 Å². The van der Waals surface area contributed by atoms with Crippen molar-refractivity contribution in [3.63, 3.8) is 0 Å². The minimum absolute atomic E-state index is 0.142. The number of para-hydroxylation sites is 1. The molecule has 3 rings (SSSR count). The molecule has 0 aliphatic heterocycles. The quantitative estimate of drug-likeness (QED) is 0.662. The number of thiazole rings is 1. The molecule has 1 aromatic heterocycles. The lowest BCUT2D eigenvalue weighted by atomic mass is 10.2. The highest BCUT2D eigenvalue weighted by atomic mass is 32.1. The molecule has 0 bridgehead atoms. The third kappa shape index (κ3) is 3.61. The number of methoxy groups -OCH3 is 2. The molecule has 134 valence electrons. The normalized spacial score (nSPS) is 10.3. The van der Waals surface area contributed by atoms with Crippen molar-refractivity contribution in [2.24, 2.45) is 0 Å². The summed E-state index contributed by atoms with van der Waals surface area (Å²) in [6.45, 7) is 0. The summed E-state index contributed by atoms with van der Waals surface area (Å²) in [5, 5.41) is 13.1. The molecule has 0 spiro atoms. The van der Waals surface area contributed by atoms with Crippen molar-refractivity contribution in [1.82, 2.24) is 10.5 Å². The summed E-state index contributed by atoms with van der Waals surface area (Å²) in [7, 11) is 3.14. The van der Waals surface area contributed by atoms with Gasteiger partial charge in [0.15, 0.2) is 11.5 Å². The molecule has 0 aliphatic carbocycles. The van der Waals surface area contributed by atoms with E-state index in [2.05, 4.69) is 4.98 Å². The van der Waals surface area contributed by atoms with Gasteiger partial charge in [-0.15, -0.1) is 11.3 Å². The van der Waals surface area contributed by atoms with Crippen LogP contribution in [0.2, 0.25) is 0 Å². The zero-order chi connectivity index (χ0) is 18.5. The second-order valence-corrected chi connectivity index (χ2v) is 5.95. The number of hydroxylamine groups is 1. The highest BCUT2D eigenvalue weighted by molar-refractivity contribution is 7.13. The average molecular weight is 371 g/mol. The van der Waals surface area contributed by atoms with Crippen LogP contribution in [0.4, 0.5) is 0 Å². The monoisotopic (exact) mass is 371 g/mol. The first kappa shape index (κ1) is 17.7. The van der Waals surface area contributed by atoms with E-state index in [1.807, 2.05) is 12.1 Å². The number of hydrogen-bond acceptors (Lipinski definition) is 7. The molecule has 0 atom stereocenters. The van der Waals surface area contributed by atoms with E-state index >= 15 is 0 Å². The number of ether oxygens (including phenoxy) is 3. The maximum atomic E-state index is 11.6. The first-order valence-electron chi connectivity index (χ1n) is 7.53. The van der Waals surface area contributed by atoms with Gasteiger partial charge in [-0.05, 0) is 30.3 Å². The Morgan fingerprint density at radius 3 is 2.58 bits per heavy atom. The second kappa shape index (κ2) is 7.85. The summed E-state index contributed by atoms with van der Waals surface area (Å²) in [6, 6.07) is 11.9. The molecular weight excluding hydrogens is 356 g/mol. The average Bonchev–Trinajstić information content (AvgIpc) is 3.15. The van der Waals surface area contributed by atoms with Crippen molar-refractivity contribution in [2.45, 2.75) is 0 Å². The topological polar surface area (TPSA) is 92.7 Å². The van der Waals surface area contributed by atoms with Crippen LogP contribution in [-0.4, -0.2) is 25.1 Å². The molecule has 1 N–H and O–H groups in total. The zero-order valence-electron chi connectivity index (χ0n) is 14.0. The highest BCUT2D eigenvalue weighted by Crippen LogP contribution is 2.35. The number of rotatable bonds is 6. The molecule has 1 amide bonds. The molecule has 26 heavy (non-hydrogen) atoms. The molecule has 2 aromatic carbocycles. The molecule has 3 aromatic rings. The van der Waals surface area contributed by atoms with Gasteiger partial charge in [-0.2, -0.15) is 0 Å². The summed E-state index contributed by atoms with van der Waals surface area (Å²) in [5.41, 5.74) is 2.33. The molecule has 0 unspecified atom stereocenters. The highest BCUT2D eigenvalue weighted by Gasteiger charge is 2.13. The van der Waals surface area contributed by atoms with E-state index in [0.29, 0.717) is 22.4 Å². The van der Waals surface area contributed by atoms with E-state index < -0.39 is 5.91 Å². The Hall–Kier alpha value is -3.10. The Morgan fingerprint density at radius 1 is 1.08 bits per heavy atom. The molecule has 0 saturated heterocycles. The van der Waals surface area contributed by atoms with Gasteiger partial charge in [0.05, 0.1) is 25.2 Å². The first-order chi connectivity index (χ1) is 12.7. The van der Waals surface area contributed by atoms with Crippen molar-refractivity contribution in [3.05, 3.63) is 58.6 Å². The summed E-state index contributed by atoms with van der Waals surface area (Å²) < 4.78 is 16.2. The summed E-state index contributed by atoms with van der Waals surface area (Å²) in [6.07, 6.45) is 0. The smallest absolute Gasteiger partial charge is 0.244 e. The van der Waals surface area contributed by atoms with E-state index in [-0.39, 0.29) is 11.3 Å². The van der Waals surface area contributed by atoms with E-state index in [1.54, 1.807) is 43.9 Å². The Labute approximate surface area is 153 Å². The van der Waals surface area contributed by atoms with Crippen LogP contribution < -0.4 is 19.7 Å². The number of nitrogens with one attached hydrogen (secondary N) is 1. The second-order valence-electron chi connectivity index (χ2n) is 5.09. The number of amides is 1. The molecule has 1 heterocycles. The van der Waals surface area contributed by atoms with Gasteiger partial charge in [-0.3, -0.25) is 4.79 Å². The van der Waals surface area contributed by atoms with Crippen LogP contribution in [0, 0.1) is 5.21 Å². The van der Waals surface area contributed by atoms with Gasteiger partial charge in [0.1, 0.15) is 10.8 Å². The number of nitrogens with zero attached hydrogens (tertiary/aromatic N) is 1. The van der Waals surface area contributed by atoms with Gasteiger partial charge >= 0.3 is 0 Å². The lowest BCUT2D eigenvalue weighted by Crippen LogP contribution is -2.16. The van der Waals surface area contributed by atoms with Crippen LogP contribution in [0.25, 0.3) is 10.6 Å². The molecule has 7 nitrogen and oxygen atoms in total. The summed E-state index contributed by atoms with van der Waals surface area (Å²) in [4.78, 5) is 16.1. The lowest BCUT2D eigenvalue weighted by molar-refractivity contribution is 0.0968. The van der Waals surface area contributed by atoms with Crippen LogP contribution >= 0.6 is 11.3 Å². The third-order valence-corrected chi connectivity index (χ3v) is 4.42. The number of benzene rings is 2. The zero-order valence-corrected chi connectivity index (χ0v) is 14.8. The van der Waals surface area contributed by atoms with Gasteiger partial charge in [0.2, 0.25) is 11.8 Å². The molecule has 0 fully saturated rings. The Kier molecular flexibility index (Phi) is 5.35. The molecule has 0 radical (unpaired) electrons. The van der Waals surface area contributed by atoms with E-state index in [0.717, 1.165) is 5.56 Å². The Bertz CT molecular complexity index is 925. The Balaban J connectivity index is 1.87. The largest absolute Gasteiger partial charge is 0.759 e. The van der Waals surface area contributed by atoms with Crippen molar-refractivity contribution in [3.8, 4) is 33.7 Å². The maximum absolute atomic E-state index is 11.6. The molecule has 0 saturated carbocycles. The van der Waals surface area contributed by atoms with Gasteiger partial charge in [0.25, 0.3) is 0 Å².